The predicted octanol–water partition coefficient (Wildman–Crippen LogP) is 2.19. The average molecular weight is 316 g/mol. The van der Waals surface area contributed by atoms with Gasteiger partial charge in [-0.05, 0) is 37.7 Å². The Morgan fingerprint density at radius 3 is 2.61 bits per heavy atom. The fourth-order valence-corrected chi connectivity index (χ4v) is 3.66. The maximum atomic E-state index is 12.5. The van der Waals surface area contributed by atoms with Crippen LogP contribution in [0.25, 0.3) is 0 Å². The Morgan fingerprint density at radius 1 is 1.17 bits per heavy atom. The normalized spacial score (nSPS) is 23.9. The molecule has 1 amide bonds. The largest absolute Gasteiger partial charge is 0.376 e. The van der Waals surface area contributed by atoms with Gasteiger partial charge >= 0.3 is 0 Å². The lowest BCUT2D eigenvalue weighted by atomic mass is 9.90. The number of rotatable bonds is 4. The van der Waals surface area contributed by atoms with Crippen LogP contribution in [0.4, 0.5) is 0 Å². The lowest BCUT2D eigenvalue weighted by Gasteiger charge is -2.35. The minimum atomic E-state index is 0.244. The molecule has 1 aromatic rings. The zero-order chi connectivity index (χ0) is 16.1. The van der Waals surface area contributed by atoms with Gasteiger partial charge in [-0.3, -0.25) is 9.69 Å². The molecule has 0 bridgehead atoms. The van der Waals surface area contributed by atoms with Crippen molar-refractivity contribution in [3.05, 3.63) is 35.9 Å². The minimum absolute atomic E-state index is 0.244. The smallest absolute Gasteiger partial charge is 0.236 e. The van der Waals surface area contributed by atoms with Crippen molar-refractivity contribution in [3.63, 3.8) is 0 Å². The number of piperidine rings is 1. The van der Waals surface area contributed by atoms with Gasteiger partial charge in [0.05, 0.1) is 19.3 Å². The molecule has 0 N–H and O–H groups in total. The molecular weight excluding hydrogens is 288 g/mol. The van der Waals surface area contributed by atoms with E-state index in [0.717, 1.165) is 52.0 Å². The molecule has 1 unspecified atom stereocenters. The second-order valence-corrected chi connectivity index (χ2v) is 6.93. The van der Waals surface area contributed by atoms with Crippen LogP contribution in [0.5, 0.6) is 0 Å². The van der Waals surface area contributed by atoms with E-state index in [1.165, 1.54) is 5.56 Å². The van der Waals surface area contributed by atoms with Crippen molar-refractivity contribution in [3.8, 4) is 0 Å². The molecule has 2 fully saturated rings. The fourth-order valence-electron chi connectivity index (χ4n) is 3.66. The second-order valence-electron chi connectivity index (χ2n) is 6.93. The van der Waals surface area contributed by atoms with E-state index < -0.39 is 0 Å². The van der Waals surface area contributed by atoms with Crippen LogP contribution in [0.15, 0.2) is 30.3 Å². The van der Waals surface area contributed by atoms with E-state index >= 15 is 0 Å². The van der Waals surface area contributed by atoms with E-state index in [9.17, 15) is 4.79 Å². The van der Waals surface area contributed by atoms with E-state index in [4.69, 9.17) is 4.74 Å². The number of likely N-dealkylation sites (tertiary alicyclic amines) is 1. The number of carbonyl (C=O) groups is 1. The molecular formula is C19H28N2O2. The summed E-state index contributed by atoms with van der Waals surface area (Å²) in [5.74, 6) is 1.00. The molecule has 126 valence electrons. The van der Waals surface area contributed by atoms with E-state index in [0.29, 0.717) is 12.5 Å². The van der Waals surface area contributed by atoms with Crippen LogP contribution in [0.3, 0.4) is 0 Å². The molecule has 3 rings (SSSR count). The quantitative estimate of drug-likeness (QED) is 0.853. The van der Waals surface area contributed by atoms with Gasteiger partial charge in [0.15, 0.2) is 0 Å². The maximum absolute atomic E-state index is 12.5. The fraction of sp³-hybridized carbons (Fsp3) is 0.632. The summed E-state index contributed by atoms with van der Waals surface area (Å²) in [4.78, 5) is 16.8. The summed E-state index contributed by atoms with van der Waals surface area (Å²) in [6.45, 7) is 6.94. The van der Waals surface area contributed by atoms with Gasteiger partial charge in [-0.25, -0.2) is 0 Å². The minimum Gasteiger partial charge on any atom is -0.376 e. The predicted molar refractivity (Wildman–Crippen MR) is 91.3 cm³/mol. The highest BCUT2D eigenvalue weighted by Gasteiger charge is 2.25. The highest BCUT2D eigenvalue weighted by atomic mass is 16.5. The summed E-state index contributed by atoms with van der Waals surface area (Å²) in [5, 5.41) is 0. The number of nitrogens with zero attached hydrogens (tertiary/aromatic N) is 2. The van der Waals surface area contributed by atoms with Gasteiger partial charge in [-0.1, -0.05) is 30.3 Å². The lowest BCUT2D eigenvalue weighted by Crippen LogP contribution is -2.48. The van der Waals surface area contributed by atoms with Crippen LogP contribution in [0.2, 0.25) is 0 Å². The molecule has 0 aliphatic carbocycles. The summed E-state index contributed by atoms with van der Waals surface area (Å²) >= 11 is 0. The van der Waals surface area contributed by atoms with Crippen molar-refractivity contribution in [2.24, 2.45) is 5.92 Å². The Labute approximate surface area is 139 Å². The Balaban J connectivity index is 1.42. The number of ether oxygens (including phenoxy) is 1. The van der Waals surface area contributed by atoms with Gasteiger partial charge in [0.1, 0.15) is 0 Å². The molecule has 2 heterocycles. The molecule has 2 aliphatic rings. The van der Waals surface area contributed by atoms with Crippen LogP contribution in [0, 0.1) is 5.92 Å². The highest BCUT2D eigenvalue weighted by molar-refractivity contribution is 5.78. The van der Waals surface area contributed by atoms with Crippen LogP contribution in [0.1, 0.15) is 25.3 Å². The van der Waals surface area contributed by atoms with Crippen molar-refractivity contribution >= 4 is 5.91 Å². The highest BCUT2D eigenvalue weighted by Crippen LogP contribution is 2.22. The first-order valence-electron chi connectivity index (χ1n) is 8.86. The Morgan fingerprint density at radius 2 is 1.91 bits per heavy atom. The summed E-state index contributed by atoms with van der Waals surface area (Å²) in [6, 6.07) is 10.7. The third-order valence-corrected chi connectivity index (χ3v) is 5.02. The number of carbonyl (C=O) groups excluding carboxylic acids is 1. The van der Waals surface area contributed by atoms with Crippen LogP contribution < -0.4 is 0 Å². The van der Waals surface area contributed by atoms with Crippen molar-refractivity contribution < 1.29 is 9.53 Å². The topological polar surface area (TPSA) is 32.8 Å². The van der Waals surface area contributed by atoms with Gasteiger partial charge < -0.3 is 9.64 Å². The first-order chi connectivity index (χ1) is 11.2. The van der Waals surface area contributed by atoms with Crippen molar-refractivity contribution in [2.45, 2.75) is 32.3 Å². The molecule has 0 radical (unpaired) electrons. The van der Waals surface area contributed by atoms with Crippen molar-refractivity contribution in [1.82, 2.24) is 9.80 Å². The second kappa shape index (κ2) is 7.93. The monoisotopic (exact) mass is 316 g/mol. The Hall–Kier alpha value is -1.39. The lowest BCUT2D eigenvalue weighted by molar-refractivity contribution is -0.135. The first-order valence-corrected chi connectivity index (χ1v) is 8.86. The molecule has 4 heteroatoms. The van der Waals surface area contributed by atoms with Gasteiger partial charge in [-0.2, -0.15) is 0 Å². The molecule has 0 saturated carbocycles. The molecule has 2 saturated heterocycles. The number of amides is 1. The zero-order valence-electron chi connectivity index (χ0n) is 14.1. The first kappa shape index (κ1) is 16.5. The molecule has 0 spiro atoms. The molecule has 1 atom stereocenters. The number of hydrogen-bond donors (Lipinski definition) is 0. The third kappa shape index (κ3) is 4.79. The van der Waals surface area contributed by atoms with Gasteiger partial charge in [0.2, 0.25) is 5.91 Å². The Kier molecular flexibility index (Phi) is 5.68. The van der Waals surface area contributed by atoms with E-state index in [-0.39, 0.29) is 12.0 Å². The summed E-state index contributed by atoms with van der Waals surface area (Å²) in [5.41, 5.74) is 1.42. The van der Waals surface area contributed by atoms with Gasteiger partial charge in [0.25, 0.3) is 0 Å². The summed E-state index contributed by atoms with van der Waals surface area (Å²) in [6.07, 6.45) is 3.64. The molecule has 4 nitrogen and oxygen atoms in total. The van der Waals surface area contributed by atoms with Crippen LogP contribution in [-0.4, -0.2) is 61.1 Å². The number of hydrogen-bond acceptors (Lipinski definition) is 3. The van der Waals surface area contributed by atoms with Crippen LogP contribution in [-0.2, 0) is 16.0 Å². The zero-order valence-corrected chi connectivity index (χ0v) is 14.1. The van der Waals surface area contributed by atoms with Crippen LogP contribution >= 0.6 is 0 Å². The van der Waals surface area contributed by atoms with Gasteiger partial charge in [-0.15, -0.1) is 0 Å². The van der Waals surface area contributed by atoms with E-state index in [1.807, 2.05) is 0 Å². The molecule has 23 heavy (non-hydrogen) atoms. The average Bonchev–Trinajstić information content (AvgIpc) is 2.56. The van der Waals surface area contributed by atoms with Crippen molar-refractivity contribution in [1.29, 1.82) is 0 Å². The Bertz CT molecular complexity index is 497. The molecule has 0 aromatic heterocycles. The third-order valence-electron chi connectivity index (χ3n) is 5.02. The molecule has 1 aromatic carbocycles. The summed E-state index contributed by atoms with van der Waals surface area (Å²) in [7, 11) is 0. The van der Waals surface area contributed by atoms with Crippen molar-refractivity contribution in [2.75, 3.05) is 39.3 Å². The van der Waals surface area contributed by atoms with E-state index in [2.05, 4.69) is 47.1 Å². The van der Waals surface area contributed by atoms with Gasteiger partial charge in [0, 0.05) is 26.2 Å². The molecule has 2 aliphatic heterocycles. The standard InChI is InChI=1S/C19H28N2O2/c1-16-14-20(11-12-23-16)15-19(22)21-9-7-18(8-10-21)13-17-5-3-2-4-6-17/h2-6,16,18H,7-15H2,1H3. The maximum Gasteiger partial charge on any atom is 0.236 e. The SMILES string of the molecule is CC1CN(CC(=O)N2CCC(Cc3ccccc3)CC2)CCO1. The number of benzene rings is 1. The number of morpholine rings is 1. The van der Waals surface area contributed by atoms with E-state index in [1.54, 1.807) is 0 Å². The summed E-state index contributed by atoms with van der Waals surface area (Å²) < 4.78 is 5.54.